The molecular formula is C14H22N2. The Bertz CT molecular complexity index is 346. The van der Waals surface area contributed by atoms with Gasteiger partial charge in [-0.2, -0.15) is 0 Å². The number of pyridine rings is 1. The Balaban J connectivity index is 2.13. The van der Waals surface area contributed by atoms with Crippen molar-refractivity contribution in [1.82, 2.24) is 9.88 Å². The first-order valence-electron chi connectivity index (χ1n) is 6.33. The summed E-state index contributed by atoms with van der Waals surface area (Å²) in [4.78, 5) is 7.13. The minimum Gasteiger partial charge on any atom is -0.295 e. The maximum absolute atomic E-state index is 4.54. The largest absolute Gasteiger partial charge is 0.295 e. The van der Waals surface area contributed by atoms with E-state index >= 15 is 0 Å². The van der Waals surface area contributed by atoms with Crippen molar-refractivity contribution in [2.24, 2.45) is 5.92 Å². The van der Waals surface area contributed by atoms with Gasteiger partial charge in [0.1, 0.15) is 0 Å². The summed E-state index contributed by atoms with van der Waals surface area (Å²) in [5, 5.41) is 0. The van der Waals surface area contributed by atoms with Crippen LogP contribution in [0.1, 0.15) is 44.0 Å². The molecule has 16 heavy (non-hydrogen) atoms. The van der Waals surface area contributed by atoms with Gasteiger partial charge in [0.2, 0.25) is 0 Å². The molecule has 1 aromatic rings. The highest BCUT2D eigenvalue weighted by Gasteiger charge is 2.27. The van der Waals surface area contributed by atoms with E-state index in [0.717, 1.165) is 5.92 Å². The Morgan fingerprint density at radius 1 is 1.50 bits per heavy atom. The highest BCUT2D eigenvalue weighted by Crippen LogP contribution is 2.31. The van der Waals surface area contributed by atoms with Gasteiger partial charge in [-0.1, -0.05) is 13.8 Å². The van der Waals surface area contributed by atoms with Crippen LogP contribution >= 0.6 is 0 Å². The molecule has 0 radical (unpaired) electrons. The van der Waals surface area contributed by atoms with E-state index in [0.29, 0.717) is 6.04 Å². The fourth-order valence-corrected chi connectivity index (χ4v) is 2.59. The molecule has 88 valence electrons. The Morgan fingerprint density at radius 3 is 3.00 bits per heavy atom. The van der Waals surface area contributed by atoms with Gasteiger partial charge in [-0.05, 0) is 49.9 Å². The number of hydrogen-bond donors (Lipinski definition) is 0. The van der Waals surface area contributed by atoms with Gasteiger partial charge >= 0.3 is 0 Å². The van der Waals surface area contributed by atoms with Gasteiger partial charge in [-0.15, -0.1) is 0 Å². The van der Waals surface area contributed by atoms with E-state index in [1.54, 1.807) is 0 Å². The lowest BCUT2D eigenvalue weighted by Crippen LogP contribution is -2.27. The van der Waals surface area contributed by atoms with Crippen molar-refractivity contribution in [2.45, 2.75) is 39.7 Å². The summed E-state index contributed by atoms with van der Waals surface area (Å²) in [5.41, 5.74) is 2.58. The van der Waals surface area contributed by atoms with Crippen molar-refractivity contribution < 1.29 is 0 Å². The minimum absolute atomic E-state index is 0.558. The predicted molar refractivity (Wildman–Crippen MR) is 67.4 cm³/mol. The first-order valence-corrected chi connectivity index (χ1v) is 6.33. The zero-order chi connectivity index (χ0) is 11.5. The molecule has 1 fully saturated rings. The predicted octanol–water partition coefficient (Wildman–Crippen LogP) is 3.18. The molecule has 0 unspecified atom stereocenters. The van der Waals surface area contributed by atoms with E-state index in [1.165, 1.54) is 37.2 Å². The van der Waals surface area contributed by atoms with Gasteiger partial charge in [0.25, 0.3) is 0 Å². The Kier molecular flexibility index (Phi) is 3.59. The average Bonchev–Trinajstić information content (AvgIpc) is 2.65. The van der Waals surface area contributed by atoms with Crippen LogP contribution in [0.4, 0.5) is 0 Å². The molecule has 2 heterocycles. The van der Waals surface area contributed by atoms with Crippen molar-refractivity contribution in [3.05, 3.63) is 29.6 Å². The minimum atomic E-state index is 0.558. The Morgan fingerprint density at radius 2 is 2.31 bits per heavy atom. The third-order valence-electron chi connectivity index (χ3n) is 3.24. The summed E-state index contributed by atoms with van der Waals surface area (Å²) in [6.45, 7) is 9.16. The molecule has 1 aliphatic rings. The topological polar surface area (TPSA) is 16.1 Å². The van der Waals surface area contributed by atoms with E-state index in [1.807, 2.05) is 6.20 Å². The molecule has 2 heteroatoms. The smallest absolute Gasteiger partial charge is 0.0578 e. The van der Waals surface area contributed by atoms with Crippen LogP contribution in [-0.2, 0) is 0 Å². The molecular weight excluding hydrogens is 196 g/mol. The van der Waals surface area contributed by atoms with E-state index < -0.39 is 0 Å². The summed E-state index contributed by atoms with van der Waals surface area (Å²) >= 11 is 0. The third-order valence-corrected chi connectivity index (χ3v) is 3.24. The number of hydrogen-bond acceptors (Lipinski definition) is 2. The van der Waals surface area contributed by atoms with Crippen molar-refractivity contribution in [2.75, 3.05) is 13.1 Å². The second-order valence-corrected chi connectivity index (χ2v) is 5.30. The molecule has 1 atom stereocenters. The number of aryl methyl sites for hydroxylation is 1. The first kappa shape index (κ1) is 11.6. The van der Waals surface area contributed by atoms with Crippen LogP contribution in [0.5, 0.6) is 0 Å². The molecule has 2 rings (SSSR count). The van der Waals surface area contributed by atoms with Crippen LogP contribution in [-0.4, -0.2) is 23.0 Å². The molecule has 0 saturated carbocycles. The normalized spacial score (nSPS) is 21.9. The number of nitrogens with zero attached hydrogens (tertiary/aromatic N) is 2. The molecule has 0 N–H and O–H groups in total. The van der Waals surface area contributed by atoms with Crippen LogP contribution in [0.25, 0.3) is 0 Å². The van der Waals surface area contributed by atoms with E-state index in [4.69, 9.17) is 0 Å². The van der Waals surface area contributed by atoms with Crippen LogP contribution in [0.3, 0.4) is 0 Å². The summed E-state index contributed by atoms with van der Waals surface area (Å²) in [7, 11) is 0. The zero-order valence-electron chi connectivity index (χ0n) is 10.6. The van der Waals surface area contributed by atoms with Crippen LogP contribution in [0.2, 0.25) is 0 Å². The van der Waals surface area contributed by atoms with Gasteiger partial charge in [-0.3, -0.25) is 9.88 Å². The molecule has 0 aliphatic carbocycles. The van der Waals surface area contributed by atoms with Crippen LogP contribution < -0.4 is 0 Å². The summed E-state index contributed by atoms with van der Waals surface area (Å²) in [6.07, 6.45) is 4.52. The lowest BCUT2D eigenvalue weighted by atomic mass is 10.1. The van der Waals surface area contributed by atoms with Crippen LogP contribution in [0, 0.1) is 12.8 Å². The number of likely N-dealkylation sites (tertiary alicyclic amines) is 1. The summed E-state index contributed by atoms with van der Waals surface area (Å²) < 4.78 is 0. The SMILES string of the molecule is Cc1ccnc([C@H]2CCCN2CC(C)C)c1. The van der Waals surface area contributed by atoms with Gasteiger partial charge in [0, 0.05) is 12.7 Å². The second-order valence-electron chi connectivity index (χ2n) is 5.30. The Labute approximate surface area is 98.7 Å². The molecule has 1 aromatic heterocycles. The summed E-state index contributed by atoms with van der Waals surface area (Å²) in [6, 6.07) is 4.87. The number of aromatic nitrogens is 1. The van der Waals surface area contributed by atoms with Crippen LogP contribution in [0.15, 0.2) is 18.3 Å². The molecule has 0 bridgehead atoms. The number of rotatable bonds is 3. The fourth-order valence-electron chi connectivity index (χ4n) is 2.59. The second kappa shape index (κ2) is 4.96. The van der Waals surface area contributed by atoms with E-state index in [-0.39, 0.29) is 0 Å². The molecule has 1 saturated heterocycles. The standard InChI is InChI=1S/C14H22N2/c1-11(2)10-16-8-4-5-14(16)13-9-12(3)6-7-15-13/h6-7,9,11,14H,4-5,8,10H2,1-3H3/t14-/m1/s1. The lowest BCUT2D eigenvalue weighted by molar-refractivity contribution is 0.225. The monoisotopic (exact) mass is 218 g/mol. The van der Waals surface area contributed by atoms with Gasteiger partial charge in [0.15, 0.2) is 0 Å². The van der Waals surface area contributed by atoms with Crippen molar-refractivity contribution in [1.29, 1.82) is 0 Å². The molecule has 0 amide bonds. The fraction of sp³-hybridized carbons (Fsp3) is 0.643. The zero-order valence-corrected chi connectivity index (χ0v) is 10.6. The average molecular weight is 218 g/mol. The summed E-state index contributed by atoms with van der Waals surface area (Å²) in [5.74, 6) is 0.741. The van der Waals surface area contributed by atoms with Gasteiger partial charge in [0.05, 0.1) is 11.7 Å². The van der Waals surface area contributed by atoms with Crippen molar-refractivity contribution in [3.8, 4) is 0 Å². The Hall–Kier alpha value is -0.890. The highest BCUT2D eigenvalue weighted by molar-refractivity contribution is 5.18. The van der Waals surface area contributed by atoms with Crippen molar-refractivity contribution >= 4 is 0 Å². The van der Waals surface area contributed by atoms with Gasteiger partial charge < -0.3 is 0 Å². The lowest BCUT2D eigenvalue weighted by Gasteiger charge is -2.25. The quantitative estimate of drug-likeness (QED) is 0.774. The third kappa shape index (κ3) is 2.62. The highest BCUT2D eigenvalue weighted by atomic mass is 15.2. The van der Waals surface area contributed by atoms with E-state index in [9.17, 15) is 0 Å². The maximum Gasteiger partial charge on any atom is 0.0578 e. The molecule has 0 aromatic carbocycles. The maximum atomic E-state index is 4.54. The molecule has 0 spiro atoms. The molecule has 2 nitrogen and oxygen atoms in total. The van der Waals surface area contributed by atoms with Crippen molar-refractivity contribution in [3.63, 3.8) is 0 Å². The van der Waals surface area contributed by atoms with E-state index in [2.05, 4.69) is 42.8 Å². The molecule has 1 aliphatic heterocycles. The first-order chi connectivity index (χ1) is 7.66. The van der Waals surface area contributed by atoms with Gasteiger partial charge in [-0.25, -0.2) is 0 Å².